The lowest BCUT2D eigenvalue weighted by Crippen LogP contribution is -2.01. The van der Waals surface area contributed by atoms with Crippen molar-refractivity contribution in [2.75, 3.05) is 0 Å². The van der Waals surface area contributed by atoms with Gasteiger partial charge in [0.05, 0.1) is 0 Å². The molecule has 0 spiro atoms. The van der Waals surface area contributed by atoms with Gasteiger partial charge in [0.15, 0.2) is 0 Å². The molecule has 1 N–H and O–H groups in total. The maximum atomic E-state index is 10.7. The summed E-state index contributed by atoms with van der Waals surface area (Å²) < 4.78 is 2.18. The second kappa shape index (κ2) is 5.31. The van der Waals surface area contributed by atoms with Crippen molar-refractivity contribution in [3.8, 4) is 5.69 Å². The number of carbonyl (C=O) groups is 1. The highest BCUT2D eigenvalue weighted by Crippen LogP contribution is 2.22. The Morgan fingerprint density at radius 3 is 2.37 bits per heavy atom. The first-order valence-corrected chi connectivity index (χ1v) is 6.45. The van der Waals surface area contributed by atoms with Gasteiger partial charge >= 0.3 is 5.97 Å². The van der Waals surface area contributed by atoms with Gasteiger partial charge in [-0.25, -0.2) is 0 Å². The van der Waals surface area contributed by atoms with Crippen molar-refractivity contribution in [2.45, 2.75) is 33.6 Å². The summed E-state index contributed by atoms with van der Waals surface area (Å²) in [4.78, 5) is 10.7. The van der Waals surface area contributed by atoms with Crippen molar-refractivity contribution in [2.24, 2.45) is 0 Å². The van der Waals surface area contributed by atoms with E-state index in [1.807, 2.05) is 6.92 Å². The number of hydrogen-bond acceptors (Lipinski definition) is 1. The maximum absolute atomic E-state index is 10.7. The first-order valence-electron chi connectivity index (χ1n) is 6.45. The molecule has 0 fully saturated rings. The van der Waals surface area contributed by atoms with Crippen molar-refractivity contribution >= 4 is 5.97 Å². The highest BCUT2D eigenvalue weighted by atomic mass is 16.4. The van der Waals surface area contributed by atoms with E-state index in [1.165, 1.54) is 5.56 Å². The van der Waals surface area contributed by atoms with Crippen LogP contribution in [0.4, 0.5) is 0 Å². The molecule has 0 amide bonds. The molecule has 0 radical (unpaired) electrons. The summed E-state index contributed by atoms with van der Waals surface area (Å²) in [5.41, 5.74) is 5.74. The average molecular weight is 257 g/mol. The SMILES string of the molecule is Cc1ccc(-n2c(C)cc(CCC(=O)O)c2C)cc1. The summed E-state index contributed by atoms with van der Waals surface area (Å²) in [6.07, 6.45) is 0.763. The van der Waals surface area contributed by atoms with Gasteiger partial charge in [-0.05, 0) is 51.0 Å². The number of carboxylic acid groups (broad SMARTS) is 1. The molecular weight excluding hydrogens is 238 g/mol. The Morgan fingerprint density at radius 1 is 1.16 bits per heavy atom. The van der Waals surface area contributed by atoms with E-state index < -0.39 is 5.97 Å². The summed E-state index contributed by atoms with van der Waals surface area (Å²) in [5.74, 6) is -0.750. The minimum Gasteiger partial charge on any atom is -0.481 e. The molecule has 0 aliphatic rings. The zero-order chi connectivity index (χ0) is 14.0. The topological polar surface area (TPSA) is 42.2 Å². The molecule has 19 heavy (non-hydrogen) atoms. The minimum atomic E-state index is -0.750. The van der Waals surface area contributed by atoms with E-state index in [-0.39, 0.29) is 6.42 Å². The van der Waals surface area contributed by atoms with Gasteiger partial charge in [-0.3, -0.25) is 4.79 Å². The molecule has 0 saturated carbocycles. The summed E-state index contributed by atoms with van der Waals surface area (Å²) in [7, 11) is 0. The van der Waals surface area contributed by atoms with Crippen LogP contribution in [0.1, 0.15) is 28.9 Å². The first-order chi connectivity index (χ1) is 8.99. The van der Waals surface area contributed by atoms with Crippen LogP contribution in [0.25, 0.3) is 5.69 Å². The van der Waals surface area contributed by atoms with Crippen LogP contribution in [0.3, 0.4) is 0 Å². The van der Waals surface area contributed by atoms with Crippen molar-refractivity contribution in [1.82, 2.24) is 4.57 Å². The predicted molar refractivity (Wildman–Crippen MR) is 75.9 cm³/mol. The van der Waals surface area contributed by atoms with Gasteiger partial charge in [0.25, 0.3) is 0 Å². The molecule has 100 valence electrons. The molecule has 0 aliphatic carbocycles. The number of rotatable bonds is 4. The molecule has 3 nitrogen and oxygen atoms in total. The van der Waals surface area contributed by atoms with Crippen LogP contribution < -0.4 is 0 Å². The van der Waals surface area contributed by atoms with E-state index in [1.54, 1.807) is 0 Å². The maximum Gasteiger partial charge on any atom is 0.303 e. The molecule has 3 heteroatoms. The zero-order valence-electron chi connectivity index (χ0n) is 11.6. The number of hydrogen-bond donors (Lipinski definition) is 1. The summed E-state index contributed by atoms with van der Waals surface area (Å²) in [6.45, 7) is 6.17. The number of nitrogens with zero attached hydrogens (tertiary/aromatic N) is 1. The average Bonchev–Trinajstić information content (AvgIpc) is 2.63. The van der Waals surface area contributed by atoms with Gasteiger partial charge in [0, 0.05) is 23.5 Å². The van der Waals surface area contributed by atoms with Crippen LogP contribution in [0, 0.1) is 20.8 Å². The molecule has 2 aromatic rings. The predicted octanol–water partition coefficient (Wildman–Crippen LogP) is 3.42. The van der Waals surface area contributed by atoms with Crippen LogP contribution in [-0.4, -0.2) is 15.6 Å². The molecule has 0 atom stereocenters. The van der Waals surface area contributed by atoms with E-state index in [0.717, 1.165) is 22.6 Å². The van der Waals surface area contributed by atoms with Crippen LogP contribution in [0.5, 0.6) is 0 Å². The molecular formula is C16H19NO2. The van der Waals surface area contributed by atoms with Gasteiger partial charge in [0.2, 0.25) is 0 Å². The minimum absolute atomic E-state index is 0.179. The molecule has 0 bridgehead atoms. The summed E-state index contributed by atoms with van der Waals surface area (Å²) in [5, 5.41) is 8.78. The molecule has 1 aromatic carbocycles. The van der Waals surface area contributed by atoms with Gasteiger partial charge in [-0.1, -0.05) is 17.7 Å². The summed E-state index contributed by atoms with van der Waals surface area (Å²) >= 11 is 0. The number of benzene rings is 1. The standard InChI is InChI=1S/C16H19NO2/c1-11-4-7-15(8-5-11)17-12(2)10-14(13(17)3)6-9-16(18)19/h4-5,7-8,10H,6,9H2,1-3H3,(H,18,19). The third kappa shape index (κ3) is 2.87. The normalized spacial score (nSPS) is 10.7. The summed E-state index contributed by atoms with van der Waals surface area (Å²) in [6, 6.07) is 10.4. The Balaban J connectivity index is 2.36. The Kier molecular flexibility index (Phi) is 3.74. The fraction of sp³-hybridized carbons (Fsp3) is 0.312. The van der Waals surface area contributed by atoms with Crippen molar-refractivity contribution in [1.29, 1.82) is 0 Å². The van der Waals surface area contributed by atoms with E-state index in [2.05, 4.69) is 48.7 Å². The van der Waals surface area contributed by atoms with Crippen LogP contribution in [0.15, 0.2) is 30.3 Å². The Hall–Kier alpha value is -2.03. The van der Waals surface area contributed by atoms with E-state index >= 15 is 0 Å². The highest BCUT2D eigenvalue weighted by Gasteiger charge is 2.11. The van der Waals surface area contributed by atoms with Crippen LogP contribution >= 0.6 is 0 Å². The van der Waals surface area contributed by atoms with E-state index in [9.17, 15) is 4.79 Å². The third-order valence-electron chi connectivity index (χ3n) is 3.44. The smallest absolute Gasteiger partial charge is 0.303 e. The zero-order valence-corrected chi connectivity index (χ0v) is 11.6. The fourth-order valence-corrected chi connectivity index (χ4v) is 2.42. The molecule has 0 saturated heterocycles. The lowest BCUT2D eigenvalue weighted by Gasteiger charge is -2.10. The largest absolute Gasteiger partial charge is 0.481 e. The Bertz CT molecular complexity index is 594. The van der Waals surface area contributed by atoms with Crippen molar-refractivity contribution in [3.05, 3.63) is 52.8 Å². The highest BCUT2D eigenvalue weighted by molar-refractivity contribution is 5.67. The fourth-order valence-electron chi connectivity index (χ4n) is 2.42. The molecule has 1 heterocycles. The molecule has 2 rings (SSSR count). The lowest BCUT2D eigenvalue weighted by atomic mass is 10.1. The van der Waals surface area contributed by atoms with Gasteiger partial charge in [-0.2, -0.15) is 0 Å². The number of carboxylic acids is 1. The number of aryl methyl sites for hydroxylation is 3. The second-order valence-corrected chi connectivity index (χ2v) is 4.96. The first kappa shape index (κ1) is 13.4. The van der Waals surface area contributed by atoms with E-state index in [0.29, 0.717) is 6.42 Å². The second-order valence-electron chi connectivity index (χ2n) is 4.96. The van der Waals surface area contributed by atoms with Gasteiger partial charge in [-0.15, -0.1) is 0 Å². The quantitative estimate of drug-likeness (QED) is 0.912. The molecule has 0 aliphatic heterocycles. The molecule has 0 unspecified atom stereocenters. The van der Waals surface area contributed by atoms with Crippen molar-refractivity contribution in [3.63, 3.8) is 0 Å². The Morgan fingerprint density at radius 2 is 1.79 bits per heavy atom. The van der Waals surface area contributed by atoms with Crippen LogP contribution in [0.2, 0.25) is 0 Å². The molecule has 1 aromatic heterocycles. The van der Waals surface area contributed by atoms with Gasteiger partial charge < -0.3 is 9.67 Å². The third-order valence-corrected chi connectivity index (χ3v) is 3.44. The van der Waals surface area contributed by atoms with E-state index in [4.69, 9.17) is 5.11 Å². The van der Waals surface area contributed by atoms with Crippen LogP contribution in [-0.2, 0) is 11.2 Å². The van der Waals surface area contributed by atoms with Crippen molar-refractivity contribution < 1.29 is 9.90 Å². The number of aliphatic carboxylic acids is 1. The monoisotopic (exact) mass is 257 g/mol. The lowest BCUT2D eigenvalue weighted by molar-refractivity contribution is -0.136. The number of aromatic nitrogens is 1. The van der Waals surface area contributed by atoms with Gasteiger partial charge in [0.1, 0.15) is 0 Å². The Labute approximate surface area is 113 Å².